The number of carbonyl (C=O) groups is 1. The maximum Gasteiger partial charge on any atom is 0.310 e. The molecule has 0 amide bonds. The third-order valence-electron chi connectivity index (χ3n) is 4.85. The highest BCUT2D eigenvalue weighted by Crippen LogP contribution is 2.45. The van der Waals surface area contributed by atoms with E-state index < -0.39 is 11.4 Å². The van der Waals surface area contributed by atoms with Gasteiger partial charge in [0, 0.05) is 0 Å². The zero-order valence-electron chi connectivity index (χ0n) is 11.1. The van der Waals surface area contributed by atoms with Gasteiger partial charge in [0.05, 0.1) is 5.41 Å². The number of carboxylic acids is 1. The fraction of sp³-hybridized carbons (Fsp3) is 0.471. The van der Waals surface area contributed by atoms with Crippen molar-refractivity contribution in [3.63, 3.8) is 0 Å². The molecule has 0 heterocycles. The molecule has 1 aromatic carbocycles. The first-order valence-corrected chi connectivity index (χ1v) is 7.19. The highest BCUT2D eigenvalue weighted by molar-refractivity contribution is 5.76. The molecule has 2 aliphatic rings. The lowest BCUT2D eigenvalue weighted by Crippen LogP contribution is -2.43. The molecule has 0 aromatic heterocycles. The SMILES string of the molecule is O=C(O)C1(C2C=CCCC2)CCc2ccccc2C1. The van der Waals surface area contributed by atoms with Crippen LogP contribution in [-0.2, 0) is 17.6 Å². The van der Waals surface area contributed by atoms with Gasteiger partial charge in [0.1, 0.15) is 0 Å². The van der Waals surface area contributed by atoms with Crippen LogP contribution in [0.3, 0.4) is 0 Å². The van der Waals surface area contributed by atoms with Crippen LogP contribution in [0.15, 0.2) is 36.4 Å². The molecule has 0 saturated heterocycles. The quantitative estimate of drug-likeness (QED) is 0.821. The molecule has 3 rings (SSSR count). The first kappa shape index (κ1) is 12.5. The Morgan fingerprint density at radius 1 is 1.26 bits per heavy atom. The Labute approximate surface area is 114 Å². The minimum atomic E-state index is -0.612. The lowest BCUT2D eigenvalue weighted by Gasteiger charge is -2.40. The van der Waals surface area contributed by atoms with Crippen LogP contribution in [0.25, 0.3) is 0 Å². The van der Waals surface area contributed by atoms with Crippen LogP contribution in [0.4, 0.5) is 0 Å². The molecule has 2 unspecified atom stereocenters. The maximum absolute atomic E-state index is 12.0. The van der Waals surface area contributed by atoms with Gasteiger partial charge in [-0.25, -0.2) is 0 Å². The highest BCUT2D eigenvalue weighted by atomic mass is 16.4. The molecule has 2 heteroatoms. The van der Waals surface area contributed by atoms with E-state index in [9.17, 15) is 9.90 Å². The molecule has 100 valence electrons. The summed E-state index contributed by atoms with van der Waals surface area (Å²) in [6, 6.07) is 8.30. The molecule has 1 aromatic rings. The zero-order chi connectivity index (χ0) is 13.3. The van der Waals surface area contributed by atoms with Crippen LogP contribution in [-0.4, -0.2) is 11.1 Å². The fourth-order valence-corrected chi connectivity index (χ4v) is 3.69. The van der Waals surface area contributed by atoms with E-state index in [1.165, 1.54) is 11.1 Å². The Morgan fingerprint density at radius 3 is 2.74 bits per heavy atom. The summed E-state index contributed by atoms with van der Waals surface area (Å²) < 4.78 is 0. The highest BCUT2D eigenvalue weighted by Gasteiger charge is 2.46. The van der Waals surface area contributed by atoms with Crippen molar-refractivity contribution in [3.8, 4) is 0 Å². The third kappa shape index (κ3) is 2.09. The molecular formula is C17H20O2. The number of rotatable bonds is 2. The average molecular weight is 256 g/mol. The molecule has 19 heavy (non-hydrogen) atoms. The van der Waals surface area contributed by atoms with Crippen molar-refractivity contribution in [2.75, 3.05) is 0 Å². The summed E-state index contributed by atoms with van der Waals surface area (Å²) >= 11 is 0. The van der Waals surface area contributed by atoms with E-state index in [2.05, 4.69) is 24.3 Å². The van der Waals surface area contributed by atoms with Gasteiger partial charge in [0.25, 0.3) is 0 Å². The van der Waals surface area contributed by atoms with E-state index in [0.717, 1.165) is 32.1 Å². The van der Waals surface area contributed by atoms with E-state index in [0.29, 0.717) is 6.42 Å². The number of hydrogen-bond donors (Lipinski definition) is 1. The van der Waals surface area contributed by atoms with Crippen LogP contribution < -0.4 is 0 Å². The fourth-order valence-electron chi connectivity index (χ4n) is 3.69. The molecule has 2 atom stereocenters. The smallest absolute Gasteiger partial charge is 0.310 e. The van der Waals surface area contributed by atoms with Gasteiger partial charge >= 0.3 is 5.97 Å². The first-order chi connectivity index (χ1) is 9.22. The minimum Gasteiger partial charge on any atom is -0.481 e. The molecule has 2 aliphatic carbocycles. The predicted molar refractivity (Wildman–Crippen MR) is 75.0 cm³/mol. The number of allylic oxidation sites excluding steroid dienone is 2. The Balaban J connectivity index is 1.97. The molecule has 2 nitrogen and oxygen atoms in total. The van der Waals surface area contributed by atoms with E-state index >= 15 is 0 Å². The van der Waals surface area contributed by atoms with Crippen LogP contribution in [0.5, 0.6) is 0 Å². The second kappa shape index (κ2) is 4.84. The first-order valence-electron chi connectivity index (χ1n) is 7.19. The summed E-state index contributed by atoms with van der Waals surface area (Å²) in [4.78, 5) is 12.0. The molecule has 0 spiro atoms. The number of fused-ring (bicyclic) bond motifs is 1. The van der Waals surface area contributed by atoms with Crippen molar-refractivity contribution in [3.05, 3.63) is 47.5 Å². The zero-order valence-corrected chi connectivity index (χ0v) is 11.1. The summed E-state index contributed by atoms with van der Waals surface area (Å²) in [6.45, 7) is 0. The molecule has 0 aliphatic heterocycles. The van der Waals surface area contributed by atoms with Crippen LogP contribution >= 0.6 is 0 Å². The number of aliphatic carboxylic acids is 1. The molecular weight excluding hydrogens is 236 g/mol. The van der Waals surface area contributed by atoms with Crippen molar-refractivity contribution in [2.24, 2.45) is 11.3 Å². The second-order valence-corrected chi connectivity index (χ2v) is 5.87. The second-order valence-electron chi connectivity index (χ2n) is 5.87. The summed E-state index contributed by atoms with van der Waals surface area (Å²) in [7, 11) is 0. The topological polar surface area (TPSA) is 37.3 Å². The molecule has 0 saturated carbocycles. The van der Waals surface area contributed by atoms with E-state index in [4.69, 9.17) is 0 Å². The molecule has 0 radical (unpaired) electrons. The normalized spacial score (nSPS) is 29.8. The summed E-state index contributed by atoms with van der Waals surface area (Å²) in [5.41, 5.74) is 1.99. The lowest BCUT2D eigenvalue weighted by atomic mass is 9.62. The van der Waals surface area contributed by atoms with Crippen molar-refractivity contribution >= 4 is 5.97 Å². The van der Waals surface area contributed by atoms with Gasteiger partial charge in [-0.2, -0.15) is 0 Å². The Kier molecular flexibility index (Phi) is 3.17. The molecule has 1 N–H and O–H groups in total. The third-order valence-corrected chi connectivity index (χ3v) is 4.85. The van der Waals surface area contributed by atoms with Gasteiger partial charge < -0.3 is 5.11 Å². The van der Waals surface area contributed by atoms with Gasteiger partial charge in [-0.1, -0.05) is 36.4 Å². The Hall–Kier alpha value is -1.57. The van der Waals surface area contributed by atoms with E-state index in [1.54, 1.807) is 0 Å². The minimum absolute atomic E-state index is 0.201. The van der Waals surface area contributed by atoms with Gasteiger partial charge in [0.15, 0.2) is 0 Å². The van der Waals surface area contributed by atoms with Crippen LogP contribution in [0.1, 0.15) is 36.8 Å². The standard InChI is InChI=1S/C17H20O2/c18-16(19)17(15-8-2-1-3-9-15)11-10-13-6-4-5-7-14(13)12-17/h2,4-8,15H,1,3,9-12H2,(H,18,19). The number of carboxylic acid groups (broad SMARTS) is 1. The van der Waals surface area contributed by atoms with E-state index in [1.807, 2.05) is 12.1 Å². The number of aryl methyl sites for hydroxylation is 1. The van der Waals surface area contributed by atoms with Gasteiger partial charge in [-0.05, 0) is 55.6 Å². The van der Waals surface area contributed by atoms with Gasteiger partial charge in [0.2, 0.25) is 0 Å². The summed E-state index contributed by atoms with van der Waals surface area (Å²) in [5.74, 6) is -0.411. The predicted octanol–water partition coefficient (Wildman–Crippen LogP) is 3.60. The van der Waals surface area contributed by atoms with Gasteiger partial charge in [-0.15, -0.1) is 0 Å². The maximum atomic E-state index is 12.0. The van der Waals surface area contributed by atoms with Gasteiger partial charge in [-0.3, -0.25) is 4.79 Å². The average Bonchev–Trinajstić information content (AvgIpc) is 2.47. The van der Waals surface area contributed by atoms with E-state index in [-0.39, 0.29) is 5.92 Å². The van der Waals surface area contributed by atoms with Crippen molar-refractivity contribution in [1.29, 1.82) is 0 Å². The number of benzene rings is 1. The molecule has 0 bridgehead atoms. The molecule has 0 fully saturated rings. The van der Waals surface area contributed by atoms with Crippen LogP contribution in [0, 0.1) is 11.3 Å². The largest absolute Gasteiger partial charge is 0.481 e. The Bertz CT molecular complexity index is 518. The monoisotopic (exact) mass is 256 g/mol. The van der Waals surface area contributed by atoms with Crippen LogP contribution in [0.2, 0.25) is 0 Å². The van der Waals surface area contributed by atoms with Crippen molar-refractivity contribution in [1.82, 2.24) is 0 Å². The van der Waals surface area contributed by atoms with Crippen molar-refractivity contribution < 1.29 is 9.90 Å². The van der Waals surface area contributed by atoms with Crippen molar-refractivity contribution in [2.45, 2.75) is 38.5 Å². The Morgan fingerprint density at radius 2 is 2.05 bits per heavy atom. The lowest BCUT2D eigenvalue weighted by molar-refractivity contribution is -0.152. The number of hydrogen-bond acceptors (Lipinski definition) is 1. The summed E-state index contributed by atoms with van der Waals surface area (Å²) in [5, 5.41) is 9.83. The summed E-state index contributed by atoms with van der Waals surface area (Å²) in [6.07, 6.45) is 9.92.